The number of benzene rings is 1. The summed E-state index contributed by atoms with van der Waals surface area (Å²) in [5, 5.41) is 14.1. The van der Waals surface area contributed by atoms with Crippen molar-refractivity contribution in [1.29, 1.82) is 0 Å². The molecule has 164 valence electrons. The number of carbonyl (C=O) groups is 1. The predicted molar refractivity (Wildman–Crippen MR) is 122 cm³/mol. The zero-order chi connectivity index (χ0) is 22.6. The fraction of sp³-hybridized carbons (Fsp3) is 0.360. The Kier molecular flexibility index (Phi) is 6.93. The molecule has 2 heterocycles. The highest BCUT2D eigenvalue weighted by molar-refractivity contribution is 5.89. The maximum Gasteiger partial charge on any atom is 0.337 e. The van der Waals surface area contributed by atoms with Crippen LogP contribution in [0.3, 0.4) is 0 Å². The third-order valence-electron chi connectivity index (χ3n) is 5.42. The van der Waals surface area contributed by atoms with Gasteiger partial charge in [0.1, 0.15) is 5.82 Å². The van der Waals surface area contributed by atoms with E-state index in [0.717, 1.165) is 28.3 Å². The molecule has 0 fully saturated rings. The van der Waals surface area contributed by atoms with E-state index in [2.05, 4.69) is 40.8 Å². The van der Waals surface area contributed by atoms with Crippen LogP contribution in [0.25, 0.3) is 5.82 Å². The third-order valence-corrected chi connectivity index (χ3v) is 5.42. The highest BCUT2D eigenvalue weighted by Gasteiger charge is 2.21. The number of aliphatic hydroxyl groups excluding tert-OH is 1. The van der Waals surface area contributed by atoms with E-state index in [9.17, 15) is 9.90 Å². The van der Waals surface area contributed by atoms with Crippen molar-refractivity contribution < 1.29 is 14.6 Å². The second kappa shape index (κ2) is 9.45. The second-order valence-corrected chi connectivity index (χ2v) is 8.55. The van der Waals surface area contributed by atoms with Crippen LogP contribution in [0.4, 0.5) is 0 Å². The van der Waals surface area contributed by atoms with E-state index in [-0.39, 0.29) is 11.5 Å². The number of β-amino-alcohol motifs (C(OH)–C–C–N with tert-alkyl or cyclic N) is 1. The molecule has 0 unspecified atom stereocenters. The van der Waals surface area contributed by atoms with Gasteiger partial charge in [-0.2, -0.15) is 0 Å². The topological polar surface area (TPSA) is 76.4 Å². The van der Waals surface area contributed by atoms with Gasteiger partial charge in [0.05, 0.1) is 18.8 Å². The lowest BCUT2D eigenvalue weighted by Gasteiger charge is -2.28. The lowest BCUT2D eigenvalue weighted by Crippen LogP contribution is -2.43. The van der Waals surface area contributed by atoms with Crippen molar-refractivity contribution in [1.82, 2.24) is 14.9 Å². The van der Waals surface area contributed by atoms with Crippen molar-refractivity contribution in [2.75, 3.05) is 13.7 Å². The highest BCUT2D eigenvalue weighted by atomic mass is 16.5. The molecule has 0 saturated heterocycles. The maximum absolute atomic E-state index is 11.8. The molecule has 0 saturated carbocycles. The molecule has 3 aromatic rings. The smallest absolute Gasteiger partial charge is 0.337 e. The summed E-state index contributed by atoms with van der Waals surface area (Å²) < 4.78 is 6.88. The van der Waals surface area contributed by atoms with Crippen LogP contribution in [-0.4, -0.2) is 39.8 Å². The van der Waals surface area contributed by atoms with Crippen molar-refractivity contribution in [2.45, 2.75) is 45.8 Å². The Morgan fingerprint density at radius 2 is 1.87 bits per heavy atom. The molecule has 1 atom stereocenters. The monoisotopic (exact) mass is 421 g/mol. The van der Waals surface area contributed by atoms with E-state index < -0.39 is 6.10 Å². The number of ether oxygens (including phenoxy) is 1. The van der Waals surface area contributed by atoms with Gasteiger partial charge in [0, 0.05) is 35.2 Å². The number of esters is 1. The van der Waals surface area contributed by atoms with Crippen molar-refractivity contribution in [2.24, 2.45) is 0 Å². The number of aliphatic hydroxyl groups is 1. The maximum atomic E-state index is 11.8. The molecule has 6 nitrogen and oxygen atoms in total. The molecular formula is C25H31N3O3. The van der Waals surface area contributed by atoms with Crippen LogP contribution in [0.15, 0.2) is 54.7 Å². The summed E-state index contributed by atoms with van der Waals surface area (Å²) in [6.45, 7) is 8.63. The zero-order valence-electron chi connectivity index (χ0n) is 18.8. The first-order valence-corrected chi connectivity index (χ1v) is 10.4. The molecule has 0 radical (unpaired) electrons. The first-order valence-electron chi connectivity index (χ1n) is 10.4. The highest BCUT2D eigenvalue weighted by Crippen LogP contribution is 2.19. The van der Waals surface area contributed by atoms with Gasteiger partial charge in [-0.05, 0) is 70.0 Å². The first-order chi connectivity index (χ1) is 14.7. The Morgan fingerprint density at radius 1 is 1.16 bits per heavy atom. The Labute approximate surface area is 183 Å². The van der Waals surface area contributed by atoms with Gasteiger partial charge in [-0.3, -0.25) is 0 Å². The summed E-state index contributed by atoms with van der Waals surface area (Å²) >= 11 is 0. The number of pyridine rings is 1. The summed E-state index contributed by atoms with van der Waals surface area (Å²) in [5.41, 5.74) is 4.30. The standard InChI is InChI=1S/C25H31N3O3/c1-17-9-10-18(2)28(17)23-12-11-21(15-26-23)22(29)16-27-25(3,4)14-19-7-6-8-20(13-19)24(30)31-5/h6-13,15,22,27,29H,14,16H2,1-5H3/t22-/m0/s1. The SMILES string of the molecule is COC(=O)c1cccc(CC(C)(C)NC[C@H](O)c2ccc(-n3c(C)ccc3C)nc2)c1. The number of methoxy groups -OCH3 is 1. The van der Waals surface area contributed by atoms with Crippen LogP contribution in [0, 0.1) is 13.8 Å². The molecule has 0 aliphatic heterocycles. The summed E-state index contributed by atoms with van der Waals surface area (Å²) in [7, 11) is 1.38. The van der Waals surface area contributed by atoms with Gasteiger partial charge in [0.2, 0.25) is 0 Å². The van der Waals surface area contributed by atoms with Crippen molar-refractivity contribution in [3.63, 3.8) is 0 Å². The molecule has 2 aromatic heterocycles. The molecule has 3 rings (SSSR count). The van der Waals surface area contributed by atoms with E-state index in [1.807, 2.05) is 44.2 Å². The van der Waals surface area contributed by atoms with Crippen LogP contribution in [-0.2, 0) is 11.2 Å². The minimum absolute atomic E-state index is 0.275. The van der Waals surface area contributed by atoms with E-state index >= 15 is 0 Å². The number of aryl methyl sites for hydroxylation is 2. The van der Waals surface area contributed by atoms with Gasteiger partial charge >= 0.3 is 5.97 Å². The molecule has 2 N–H and O–H groups in total. The van der Waals surface area contributed by atoms with Gasteiger partial charge in [0.25, 0.3) is 0 Å². The summed E-state index contributed by atoms with van der Waals surface area (Å²) in [6, 6.07) is 15.4. The number of nitrogens with zero attached hydrogens (tertiary/aromatic N) is 2. The largest absolute Gasteiger partial charge is 0.465 e. The molecular weight excluding hydrogens is 390 g/mol. The second-order valence-electron chi connectivity index (χ2n) is 8.55. The van der Waals surface area contributed by atoms with Gasteiger partial charge < -0.3 is 19.7 Å². The normalized spacial score (nSPS) is 12.6. The number of carbonyl (C=O) groups excluding carboxylic acids is 1. The minimum Gasteiger partial charge on any atom is -0.465 e. The van der Waals surface area contributed by atoms with E-state index in [0.29, 0.717) is 18.5 Å². The quantitative estimate of drug-likeness (QED) is 0.539. The molecule has 0 aliphatic rings. The number of rotatable bonds is 8. The summed E-state index contributed by atoms with van der Waals surface area (Å²) in [6.07, 6.45) is 1.76. The Bertz CT molecular complexity index is 1020. The van der Waals surface area contributed by atoms with Gasteiger partial charge in [-0.25, -0.2) is 9.78 Å². The number of hydrogen-bond acceptors (Lipinski definition) is 5. The van der Waals surface area contributed by atoms with Crippen LogP contribution < -0.4 is 5.32 Å². The molecule has 0 amide bonds. The van der Waals surface area contributed by atoms with Crippen molar-refractivity contribution >= 4 is 5.97 Å². The molecule has 0 aliphatic carbocycles. The Morgan fingerprint density at radius 3 is 2.48 bits per heavy atom. The lowest BCUT2D eigenvalue weighted by molar-refractivity contribution is 0.0600. The van der Waals surface area contributed by atoms with E-state index in [1.165, 1.54) is 7.11 Å². The van der Waals surface area contributed by atoms with Crippen molar-refractivity contribution in [3.8, 4) is 5.82 Å². The van der Waals surface area contributed by atoms with Crippen LogP contribution in [0.5, 0.6) is 0 Å². The van der Waals surface area contributed by atoms with Crippen LogP contribution >= 0.6 is 0 Å². The van der Waals surface area contributed by atoms with Crippen LogP contribution in [0.1, 0.15) is 52.8 Å². The van der Waals surface area contributed by atoms with E-state index in [4.69, 9.17) is 4.74 Å². The molecule has 1 aromatic carbocycles. The Balaban J connectivity index is 1.62. The summed E-state index contributed by atoms with van der Waals surface area (Å²) in [5.74, 6) is 0.499. The lowest BCUT2D eigenvalue weighted by atomic mass is 9.93. The van der Waals surface area contributed by atoms with Crippen molar-refractivity contribution in [3.05, 3.63) is 82.8 Å². The molecule has 0 spiro atoms. The van der Waals surface area contributed by atoms with Gasteiger partial charge in [-0.1, -0.05) is 18.2 Å². The summed E-state index contributed by atoms with van der Waals surface area (Å²) in [4.78, 5) is 16.3. The zero-order valence-corrected chi connectivity index (χ0v) is 18.8. The number of hydrogen-bond donors (Lipinski definition) is 2. The Hall–Kier alpha value is -2.96. The van der Waals surface area contributed by atoms with Gasteiger partial charge in [0.15, 0.2) is 0 Å². The average Bonchev–Trinajstić information content (AvgIpc) is 3.09. The third kappa shape index (κ3) is 5.60. The van der Waals surface area contributed by atoms with Gasteiger partial charge in [-0.15, -0.1) is 0 Å². The fourth-order valence-electron chi connectivity index (χ4n) is 3.75. The predicted octanol–water partition coefficient (Wildman–Crippen LogP) is 3.92. The first kappa shape index (κ1) is 22.7. The minimum atomic E-state index is -0.672. The number of aromatic nitrogens is 2. The fourth-order valence-corrected chi connectivity index (χ4v) is 3.75. The van der Waals surface area contributed by atoms with E-state index in [1.54, 1.807) is 12.3 Å². The number of nitrogens with one attached hydrogen (secondary N) is 1. The van der Waals surface area contributed by atoms with Crippen LogP contribution in [0.2, 0.25) is 0 Å². The molecule has 6 heteroatoms. The average molecular weight is 422 g/mol. The molecule has 0 bridgehead atoms. The molecule has 31 heavy (non-hydrogen) atoms.